The highest BCUT2D eigenvalue weighted by atomic mass is 79.9. The molecule has 0 aliphatic carbocycles. The zero-order valence-corrected chi connectivity index (χ0v) is 12.3. The second-order valence-electron chi connectivity index (χ2n) is 4.33. The van der Waals surface area contributed by atoms with Crippen LogP contribution in [0, 0.1) is 12.7 Å². The van der Waals surface area contributed by atoms with Crippen molar-refractivity contribution in [2.75, 3.05) is 0 Å². The lowest BCUT2D eigenvalue weighted by molar-refractivity contribution is 0.0691. The fraction of sp³-hybridized carbons (Fsp3) is 0.133. The average Bonchev–Trinajstić information content (AvgIpc) is 2.37. The molecule has 0 fully saturated rings. The highest BCUT2D eigenvalue weighted by Gasteiger charge is 2.12. The lowest BCUT2D eigenvalue weighted by Gasteiger charge is -2.11. The standard InChI is InChI=1S/C15H12BrFO3/c1-9-2-5-12(15(18)19)14(6-9)20-8-10-3-4-11(17)7-13(10)16/h2-7H,8H2,1H3,(H,18,19). The Balaban J connectivity index is 2.22. The van der Waals surface area contributed by atoms with E-state index < -0.39 is 5.97 Å². The normalized spacial score (nSPS) is 10.3. The van der Waals surface area contributed by atoms with E-state index in [-0.39, 0.29) is 18.0 Å². The summed E-state index contributed by atoms with van der Waals surface area (Å²) in [6, 6.07) is 9.15. The van der Waals surface area contributed by atoms with Crippen molar-refractivity contribution >= 4 is 21.9 Å². The quantitative estimate of drug-likeness (QED) is 0.909. The zero-order chi connectivity index (χ0) is 14.7. The van der Waals surface area contributed by atoms with Crippen molar-refractivity contribution in [2.24, 2.45) is 0 Å². The predicted octanol–water partition coefficient (Wildman–Crippen LogP) is 4.17. The first-order valence-corrected chi connectivity index (χ1v) is 6.67. The van der Waals surface area contributed by atoms with Gasteiger partial charge in [0.15, 0.2) is 0 Å². The summed E-state index contributed by atoms with van der Waals surface area (Å²) in [6.07, 6.45) is 0. The van der Waals surface area contributed by atoms with Crippen molar-refractivity contribution in [1.82, 2.24) is 0 Å². The fourth-order valence-electron chi connectivity index (χ4n) is 1.72. The number of benzene rings is 2. The predicted molar refractivity (Wildman–Crippen MR) is 76.6 cm³/mol. The second-order valence-corrected chi connectivity index (χ2v) is 5.18. The minimum Gasteiger partial charge on any atom is -0.488 e. The van der Waals surface area contributed by atoms with Crippen LogP contribution in [0.3, 0.4) is 0 Å². The number of aromatic carboxylic acids is 1. The van der Waals surface area contributed by atoms with Crippen molar-refractivity contribution < 1.29 is 19.0 Å². The van der Waals surface area contributed by atoms with Gasteiger partial charge in [0, 0.05) is 10.0 Å². The molecule has 0 spiro atoms. The van der Waals surface area contributed by atoms with E-state index in [1.165, 1.54) is 18.2 Å². The Morgan fingerprint density at radius 2 is 2.05 bits per heavy atom. The first kappa shape index (κ1) is 14.5. The van der Waals surface area contributed by atoms with Crippen LogP contribution in [-0.4, -0.2) is 11.1 Å². The van der Waals surface area contributed by atoms with E-state index in [9.17, 15) is 9.18 Å². The van der Waals surface area contributed by atoms with Crippen molar-refractivity contribution in [2.45, 2.75) is 13.5 Å². The third kappa shape index (κ3) is 3.36. The molecule has 2 aromatic rings. The van der Waals surface area contributed by atoms with E-state index in [1.807, 2.05) is 6.92 Å². The van der Waals surface area contributed by atoms with Crippen LogP contribution >= 0.6 is 15.9 Å². The largest absolute Gasteiger partial charge is 0.488 e. The number of hydrogen-bond acceptors (Lipinski definition) is 2. The SMILES string of the molecule is Cc1ccc(C(=O)O)c(OCc2ccc(F)cc2Br)c1. The van der Waals surface area contributed by atoms with Crippen molar-refractivity contribution in [3.05, 3.63) is 63.4 Å². The topological polar surface area (TPSA) is 46.5 Å². The molecule has 0 aliphatic heterocycles. The van der Waals surface area contributed by atoms with Gasteiger partial charge in [-0.15, -0.1) is 0 Å². The molecule has 0 heterocycles. The molecule has 0 aromatic heterocycles. The summed E-state index contributed by atoms with van der Waals surface area (Å²) in [5.74, 6) is -1.09. The maximum atomic E-state index is 13.0. The maximum Gasteiger partial charge on any atom is 0.339 e. The number of halogens is 2. The minimum atomic E-state index is -1.04. The van der Waals surface area contributed by atoms with Gasteiger partial charge in [0.2, 0.25) is 0 Å². The van der Waals surface area contributed by atoms with Gasteiger partial charge < -0.3 is 9.84 Å². The summed E-state index contributed by atoms with van der Waals surface area (Å²) in [7, 11) is 0. The van der Waals surface area contributed by atoms with Crippen molar-refractivity contribution in [3.8, 4) is 5.75 Å². The Hall–Kier alpha value is -1.88. The van der Waals surface area contributed by atoms with E-state index in [0.717, 1.165) is 11.1 Å². The van der Waals surface area contributed by atoms with Crippen LogP contribution in [0.5, 0.6) is 5.75 Å². The van der Waals surface area contributed by atoms with Crippen LogP contribution in [0.4, 0.5) is 4.39 Å². The molecular formula is C15H12BrFO3. The smallest absolute Gasteiger partial charge is 0.339 e. The Kier molecular flexibility index (Phi) is 4.39. The molecule has 0 radical (unpaired) electrons. The number of carboxylic acid groups (broad SMARTS) is 1. The number of ether oxygens (including phenoxy) is 1. The molecule has 5 heteroatoms. The average molecular weight is 339 g/mol. The Labute approximate surface area is 124 Å². The van der Waals surface area contributed by atoms with Crippen LogP contribution in [0.2, 0.25) is 0 Å². The monoisotopic (exact) mass is 338 g/mol. The number of aryl methyl sites for hydroxylation is 1. The summed E-state index contributed by atoms with van der Waals surface area (Å²) in [5, 5.41) is 9.11. The number of carboxylic acids is 1. The number of carbonyl (C=O) groups is 1. The minimum absolute atomic E-state index is 0.105. The van der Waals surface area contributed by atoms with Gasteiger partial charge in [0.05, 0.1) is 0 Å². The highest BCUT2D eigenvalue weighted by Crippen LogP contribution is 2.24. The Morgan fingerprint density at radius 3 is 2.70 bits per heavy atom. The van der Waals surface area contributed by atoms with Gasteiger partial charge in [-0.25, -0.2) is 9.18 Å². The summed E-state index contributed by atoms with van der Waals surface area (Å²) in [6.45, 7) is 2.01. The lowest BCUT2D eigenvalue weighted by atomic mass is 10.1. The van der Waals surface area contributed by atoms with E-state index >= 15 is 0 Å². The van der Waals surface area contributed by atoms with Crippen LogP contribution in [0.15, 0.2) is 40.9 Å². The van der Waals surface area contributed by atoms with Crippen LogP contribution in [-0.2, 0) is 6.61 Å². The van der Waals surface area contributed by atoms with E-state index in [0.29, 0.717) is 10.2 Å². The molecule has 0 saturated heterocycles. The summed E-state index contributed by atoms with van der Waals surface area (Å²) in [4.78, 5) is 11.1. The summed E-state index contributed by atoms with van der Waals surface area (Å²) in [5.41, 5.74) is 1.75. The molecule has 20 heavy (non-hydrogen) atoms. The molecule has 2 rings (SSSR count). The molecule has 0 atom stereocenters. The third-order valence-electron chi connectivity index (χ3n) is 2.77. The lowest BCUT2D eigenvalue weighted by Crippen LogP contribution is -2.04. The zero-order valence-electron chi connectivity index (χ0n) is 10.7. The molecule has 2 aromatic carbocycles. The first-order valence-electron chi connectivity index (χ1n) is 5.88. The van der Waals surface area contributed by atoms with Crippen LogP contribution in [0.25, 0.3) is 0 Å². The molecule has 3 nitrogen and oxygen atoms in total. The van der Waals surface area contributed by atoms with Gasteiger partial charge >= 0.3 is 5.97 Å². The van der Waals surface area contributed by atoms with Gasteiger partial charge in [-0.3, -0.25) is 0 Å². The number of rotatable bonds is 4. The van der Waals surface area contributed by atoms with Gasteiger partial charge in [-0.05, 0) is 36.8 Å². The van der Waals surface area contributed by atoms with E-state index in [2.05, 4.69) is 15.9 Å². The van der Waals surface area contributed by atoms with E-state index in [4.69, 9.17) is 9.84 Å². The van der Waals surface area contributed by atoms with Gasteiger partial charge in [-0.2, -0.15) is 0 Å². The van der Waals surface area contributed by atoms with Crippen molar-refractivity contribution in [3.63, 3.8) is 0 Å². The summed E-state index contributed by atoms with van der Waals surface area (Å²) < 4.78 is 19.1. The molecule has 104 valence electrons. The van der Waals surface area contributed by atoms with Gasteiger partial charge in [-0.1, -0.05) is 28.1 Å². The molecule has 0 bridgehead atoms. The van der Waals surface area contributed by atoms with Crippen molar-refractivity contribution in [1.29, 1.82) is 0 Å². The van der Waals surface area contributed by atoms with Gasteiger partial charge in [0.25, 0.3) is 0 Å². The second kappa shape index (κ2) is 6.05. The first-order chi connectivity index (χ1) is 9.47. The molecule has 0 amide bonds. The maximum absolute atomic E-state index is 13.0. The molecular weight excluding hydrogens is 327 g/mol. The molecule has 1 N–H and O–H groups in total. The molecule has 0 unspecified atom stereocenters. The Morgan fingerprint density at radius 1 is 1.30 bits per heavy atom. The third-order valence-corrected chi connectivity index (χ3v) is 3.50. The summed E-state index contributed by atoms with van der Waals surface area (Å²) >= 11 is 3.25. The Bertz CT molecular complexity index is 656. The molecule has 0 saturated carbocycles. The number of hydrogen-bond donors (Lipinski definition) is 1. The fourth-order valence-corrected chi connectivity index (χ4v) is 2.19. The van der Waals surface area contributed by atoms with Crippen LogP contribution in [0.1, 0.15) is 21.5 Å². The van der Waals surface area contributed by atoms with Gasteiger partial charge in [0.1, 0.15) is 23.7 Å². The van der Waals surface area contributed by atoms with Crippen LogP contribution < -0.4 is 4.74 Å². The molecule has 0 aliphatic rings. The van der Waals surface area contributed by atoms with E-state index in [1.54, 1.807) is 18.2 Å². The highest BCUT2D eigenvalue weighted by molar-refractivity contribution is 9.10.